The van der Waals surface area contributed by atoms with Crippen LogP contribution in [0, 0.1) is 0 Å². The molecule has 2 heteroatoms. The second-order valence-electron chi connectivity index (χ2n) is 12.4. The minimum absolute atomic E-state index is 1.07. The molecule has 0 fully saturated rings. The molecule has 1 nitrogen and oxygen atoms in total. The molecule has 8 aromatic rings. The van der Waals surface area contributed by atoms with E-state index < -0.39 is 0 Å². The number of para-hydroxylation sites is 2. The summed E-state index contributed by atoms with van der Waals surface area (Å²) < 4.78 is 2.40. The zero-order valence-corrected chi connectivity index (χ0v) is 26.0. The molecule has 2 aliphatic rings. The summed E-state index contributed by atoms with van der Waals surface area (Å²) in [6.07, 6.45) is 4.60. The smallest absolute Gasteiger partial charge is 0.0547 e. The summed E-state index contributed by atoms with van der Waals surface area (Å²) in [6, 6.07) is 53.8. The second kappa shape index (κ2) is 10.1. The lowest BCUT2D eigenvalue weighted by atomic mass is 9.81. The molecule has 46 heavy (non-hydrogen) atoms. The van der Waals surface area contributed by atoms with Crippen molar-refractivity contribution < 1.29 is 0 Å². The van der Waals surface area contributed by atoms with Crippen LogP contribution in [0.4, 0.5) is 0 Å². The highest BCUT2D eigenvalue weighted by atomic mass is 32.2. The number of aromatic nitrogens is 1. The van der Waals surface area contributed by atoms with Crippen LogP contribution >= 0.6 is 11.8 Å². The van der Waals surface area contributed by atoms with Gasteiger partial charge in [-0.15, -0.1) is 0 Å². The average molecular weight is 604 g/mol. The molecule has 2 heterocycles. The first-order chi connectivity index (χ1) is 22.8. The highest BCUT2D eigenvalue weighted by Crippen LogP contribution is 2.51. The summed E-state index contributed by atoms with van der Waals surface area (Å²) >= 11 is 1.91. The van der Waals surface area contributed by atoms with Crippen LogP contribution in [0.25, 0.3) is 66.1 Å². The van der Waals surface area contributed by atoms with Crippen molar-refractivity contribution in [1.29, 1.82) is 0 Å². The van der Waals surface area contributed by atoms with Gasteiger partial charge in [-0.1, -0.05) is 115 Å². The summed E-state index contributed by atoms with van der Waals surface area (Å²) in [5.41, 5.74) is 14.6. The quantitative estimate of drug-likeness (QED) is 0.194. The fourth-order valence-electron chi connectivity index (χ4n) is 7.83. The summed E-state index contributed by atoms with van der Waals surface area (Å²) in [5, 5.41) is 5.09. The molecule has 1 aliphatic carbocycles. The summed E-state index contributed by atoms with van der Waals surface area (Å²) in [4.78, 5) is 2.74. The Labute approximate surface area is 272 Å². The third-order valence-corrected chi connectivity index (χ3v) is 11.0. The Kier molecular flexibility index (Phi) is 5.70. The predicted molar refractivity (Wildman–Crippen MR) is 195 cm³/mol. The molecule has 0 saturated heterocycles. The Hall–Kier alpha value is -5.31. The SMILES string of the molecule is C1=C2c3ccccc3Sc3ccc(-c4ccccc4-c4ccc5cc6c(cc5c4)c4ccccc4n6-c4ccccc4)c(c32)CC1. The third kappa shape index (κ3) is 3.84. The van der Waals surface area contributed by atoms with Gasteiger partial charge in [0.25, 0.3) is 0 Å². The van der Waals surface area contributed by atoms with Crippen molar-refractivity contribution in [3.05, 3.63) is 168 Å². The standard InChI is InChI=1S/C44H29NS/c1-2-11-31(12-3-1)45-40-19-8-6-15-35(40)39-26-30-25-29(22-21-28(30)27-41(39)45)32-13-4-5-14-33(32)34-23-24-43-44-37(34)17-10-18-38(44)36-16-7-9-20-42(36)46-43/h1-9,11-16,18-27H,10,17H2. The van der Waals surface area contributed by atoms with Gasteiger partial charge in [0.05, 0.1) is 11.0 Å². The molecule has 0 saturated carbocycles. The van der Waals surface area contributed by atoms with Crippen LogP contribution in [0.2, 0.25) is 0 Å². The molecular weight excluding hydrogens is 575 g/mol. The van der Waals surface area contributed by atoms with E-state index in [4.69, 9.17) is 0 Å². The lowest BCUT2D eigenvalue weighted by Gasteiger charge is -2.29. The van der Waals surface area contributed by atoms with Gasteiger partial charge in [0, 0.05) is 26.3 Å². The van der Waals surface area contributed by atoms with Gasteiger partial charge in [-0.2, -0.15) is 0 Å². The highest BCUT2D eigenvalue weighted by molar-refractivity contribution is 7.99. The minimum atomic E-state index is 1.07. The molecule has 0 atom stereocenters. The molecule has 10 rings (SSSR count). The molecule has 7 aromatic carbocycles. The lowest BCUT2D eigenvalue weighted by molar-refractivity contribution is 0.964. The normalized spacial score (nSPS) is 13.5. The number of hydrogen-bond acceptors (Lipinski definition) is 1. The van der Waals surface area contributed by atoms with Crippen molar-refractivity contribution in [3.8, 4) is 27.9 Å². The first-order valence-corrected chi connectivity index (χ1v) is 16.9. The predicted octanol–water partition coefficient (Wildman–Crippen LogP) is 12.1. The van der Waals surface area contributed by atoms with Crippen molar-refractivity contribution >= 4 is 49.9 Å². The largest absolute Gasteiger partial charge is 0.309 e. The zero-order chi connectivity index (χ0) is 30.2. The Morgan fingerprint density at radius 3 is 2.20 bits per heavy atom. The lowest BCUT2D eigenvalue weighted by Crippen LogP contribution is -2.09. The van der Waals surface area contributed by atoms with Crippen LogP contribution in [0.5, 0.6) is 0 Å². The van der Waals surface area contributed by atoms with E-state index in [2.05, 4.69) is 156 Å². The minimum Gasteiger partial charge on any atom is -0.309 e. The fraction of sp³-hybridized carbons (Fsp3) is 0.0455. The van der Waals surface area contributed by atoms with E-state index in [1.54, 1.807) is 0 Å². The summed E-state index contributed by atoms with van der Waals surface area (Å²) in [6.45, 7) is 0. The van der Waals surface area contributed by atoms with Crippen LogP contribution in [0.15, 0.2) is 161 Å². The molecule has 1 aromatic heterocycles. The van der Waals surface area contributed by atoms with E-state index in [-0.39, 0.29) is 0 Å². The van der Waals surface area contributed by atoms with Gasteiger partial charge < -0.3 is 4.57 Å². The van der Waals surface area contributed by atoms with Crippen LogP contribution in [0.1, 0.15) is 23.1 Å². The van der Waals surface area contributed by atoms with Crippen LogP contribution < -0.4 is 0 Å². The van der Waals surface area contributed by atoms with Gasteiger partial charge in [-0.05, 0) is 117 Å². The number of benzene rings is 7. The molecule has 0 bridgehead atoms. The van der Waals surface area contributed by atoms with Gasteiger partial charge in [-0.25, -0.2) is 0 Å². The van der Waals surface area contributed by atoms with E-state index >= 15 is 0 Å². The summed E-state index contributed by atoms with van der Waals surface area (Å²) in [7, 11) is 0. The number of hydrogen-bond donors (Lipinski definition) is 0. The molecule has 0 radical (unpaired) electrons. The van der Waals surface area contributed by atoms with Gasteiger partial charge in [-0.3, -0.25) is 0 Å². The number of fused-ring (bicyclic) bond motifs is 6. The van der Waals surface area contributed by atoms with Crippen molar-refractivity contribution in [3.63, 3.8) is 0 Å². The van der Waals surface area contributed by atoms with E-state index in [9.17, 15) is 0 Å². The van der Waals surface area contributed by atoms with Gasteiger partial charge in [0.15, 0.2) is 0 Å². The first-order valence-electron chi connectivity index (χ1n) is 16.1. The second-order valence-corrected chi connectivity index (χ2v) is 13.5. The number of rotatable bonds is 3. The highest BCUT2D eigenvalue weighted by Gasteiger charge is 2.28. The van der Waals surface area contributed by atoms with Gasteiger partial charge in [0.1, 0.15) is 0 Å². The van der Waals surface area contributed by atoms with Crippen LogP contribution in [0.3, 0.4) is 0 Å². The van der Waals surface area contributed by atoms with Crippen molar-refractivity contribution in [2.24, 2.45) is 0 Å². The number of allylic oxidation sites excluding steroid dienone is 1. The van der Waals surface area contributed by atoms with Crippen molar-refractivity contribution in [2.45, 2.75) is 22.6 Å². The van der Waals surface area contributed by atoms with Gasteiger partial charge >= 0.3 is 0 Å². The maximum atomic E-state index is 2.46. The van der Waals surface area contributed by atoms with E-state index in [1.807, 2.05) is 11.8 Å². The molecule has 0 amide bonds. The molecule has 0 spiro atoms. The maximum absolute atomic E-state index is 2.46. The van der Waals surface area contributed by atoms with E-state index in [0.717, 1.165) is 12.8 Å². The Balaban J connectivity index is 1.14. The molecular formula is C44H29NS. The topological polar surface area (TPSA) is 4.93 Å². The average Bonchev–Trinajstić information content (AvgIpc) is 3.44. The van der Waals surface area contributed by atoms with Crippen molar-refractivity contribution in [1.82, 2.24) is 4.57 Å². The molecule has 216 valence electrons. The number of nitrogens with zero attached hydrogens (tertiary/aromatic N) is 1. The van der Waals surface area contributed by atoms with E-state index in [1.165, 1.54) is 92.6 Å². The Bertz CT molecular complexity index is 2550. The summed E-state index contributed by atoms with van der Waals surface area (Å²) in [5.74, 6) is 0. The Morgan fingerprint density at radius 1 is 0.500 bits per heavy atom. The van der Waals surface area contributed by atoms with Crippen LogP contribution in [-0.4, -0.2) is 4.57 Å². The molecule has 1 aliphatic heterocycles. The molecule has 0 unspecified atom stereocenters. The van der Waals surface area contributed by atoms with Crippen molar-refractivity contribution in [2.75, 3.05) is 0 Å². The maximum Gasteiger partial charge on any atom is 0.0547 e. The van der Waals surface area contributed by atoms with Gasteiger partial charge in [0.2, 0.25) is 0 Å². The fourth-order valence-corrected chi connectivity index (χ4v) is 8.97. The van der Waals surface area contributed by atoms with E-state index in [0.29, 0.717) is 0 Å². The Morgan fingerprint density at radius 2 is 1.28 bits per heavy atom. The van der Waals surface area contributed by atoms with Crippen LogP contribution in [-0.2, 0) is 6.42 Å². The molecule has 0 N–H and O–H groups in total. The first kappa shape index (κ1) is 26.0. The third-order valence-electron chi connectivity index (χ3n) is 9.86. The zero-order valence-electron chi connectivity index (χ0n) is 25.2. The monoisotopic (exact) mass is 603 g/mol.